The van der Waals surface area contributed by atoms with Gasteiger partial charge in [-0.25, -0.2) is 9.59 Å². The Balaban J connectivity index is 3.78. The van der Waals surface area contributed by atoms with Crippen molar-refractivity contribution < 1.29 is 19.4 Å². The summed E-state index contributed by atoms with van der Waals surface area (Å²) in [7, 11) is 0. The molecular weight excluding hydrogens is 244 g/mol. The van der Waals surface area contributed by atoms with E-state index >= 15 is 0 Å². The second-order valence-corrected chi connectivity index (χ2v) is 4.56. The molecule has 0 spiro atoms. The number of ether oxygens (including phenoxy) is 1. The van der Waals surface area contributed by atoms with Gasteiger partial charge in [0.15, 0.2) is 0 Å². The van der Waals surface area contributed by atoms with Crippen molar-refractivity contribution in [3.63, 3.8) is 0 Å². The number of carboxylic acids is 1. The lowest BCUT2D eigenvalue weighted by atomic mass is 10.1. The van der Waals surface area contributed by atoms with Gasteiger partial charge in [0.25, 0.3) is 0 Å². The zero-order valence-electron chi connectivity index (χ0n) is 11.9. The predicted octanol–water partition coefficient (Wildman–Crippen LogP) is 3.48. The molecule has 0 aromatic heterocycles. The van der Waals surface area contributed by atoms with E-state index in [0.29, 0.717) is 6.61 Å². The van der Waals surface area contributed by atoms with Crippen LogP contribution >= 0.6 is 0 Å². The average Bonchev–Trinajstić information content (AvgIpc) is 2.37. The molecule has 0 atom stereocenters. The van der Waals surface area contributed by atoms with Gasteiger partial charge in [-0.1, -0.05) is 45.6 Å². The summed E-state index contributed by atoms with van der Waals surface area (Å²) in [5.74, 6) is -1.61. The van der Waals surface area contributed by atoms with E-state index in [4.69, 9.17) is 9.84 Å². The van der Waals surface area contributed by atoms with E-state index < -0.39 is 11.9 Å². The minimum atomic E-state index is -1.06. The van der Waals surface area contributed by atoms with Crippen LogP contribution in [0.2, 0.25) is 0 Å². The third kappa shape index (κ3) is 9.05. The number of carbonyl (C=O) groups is 2. The third-order valence-electron chi connectivity index (χ3n) is 2.72. The SMILES string of the molecule is C=C(C=C(C)C(=O)O)C(=O)OCCCCCCCC. The monoisotopic (exact) mass is 268 g/mol. The fraction of sp³-hybridized carbons (Fsp3) is 0.600. The molecule has 0 amide bonds. The zero-order valence-corrected chi connectivity index (χ0v) is 11.9. The van der Waals surface area contributed by atoms with Crippen molar-refractivity contribution in [3.05, 3.63) is 23.8 Å². The highest BCUT2D eigenvalue weighted by Crippen LogP contribution is 2.07. The first kappa shape index (κ1) is 17.4. The van der Waals surface area contributed by atoms with Gasteiger partial charge in [0.05, 0.1) is 12.2 Å². The standard InChI is InChI=1S/C15H24O4/c1-4-5-6-7-8-9-10-19-15(18)13(3)11-12(2)14(16)17/h11H,3-10H2,1-2H3,(H,16,17). The first-order valence-electron chi connectivity index (χ1n) is 6.76. The van der Waals surface area contributed by atoms with Crippen molar-refractivity contribution in [2.75, 3.05) is 6.61 Å². The Morgan fingerprint density at radius 2 is 1.74 bits per heavy atom. The predicted molar refractivity (Wildman–Crippen MR) is 74.9 cm³/mol. The summed E-state index contributed by atoms with van der Waals surface area (Å²) in [6.45, 7) is 7.45. The summed E-state index contributed by atoms with van der Waals surface area (Å²) < 4.78 is 5.01. The largest absolute Gasteiger partial charge is 0.478 e. The molecule has 0 aliphatic carbocycles. The molecule has 0 aromatic carbocycles. The van der Waals surface area contributed by atoms with Crippen LogP contribution < -0.4 is 0 Å². The summed E-state index contributed by atoms with van der Waals surface area (Å²) in [6.07, 6.45) is 7.95. The van der Waals surface area contributed by atoms with Gasteiger partial charge in [-0.2, -0.15) is 0 Å². The maximum atomic E-state index is 11.5. The van der Waals surface area contributed by atoms with Crippen LogP contribution in [0.25, 0.3) is 0 Å². The molecule has 0 saturated carbocycles. The Hall–Kier alpha value is -1.58. The molecule has 0 aromatic rings. The van der Waals surface area contributed by atoms with Crippen LogP contribution in [0.3, 0.4) is 0 Å². The normalized spacial score (nSPS) is 11.2. The Morgan fingerprint density at radius 3 is 2.32 bits per heavy atom. The van der Waals surface area contributed by atoms with Crippen LogP contribution in [0.5, 0.6) is 0 Å². The van der Waals surface area contributed by atoms with Gasteiger partial charge in [-0.3, -0.25) is 0 Å². The zero-order chi connectivity index (χ0) is 14.7. The lowest BCUT2D eigenvalue weighted by molar-refractivity contribution is -0.138. The van der Waals surface area contributed by atoms with Crippen LogP contribution in [-0.2, 0) is 14.3 Å². The molecule has 0 aliphatic heterocycles. The molecule has 1 N–H and O–H groups in total. The summed E-state index contributed by atoms with van der Waals surface area (Å²) in [5.41, 5.74) is 0.146. The van der Waals surface area contributed by atoms with Crippen LogP contribution in [0, 0.1) is 0 Å². The molecule has 0 saturated heterocycles. The fourth-order valence-electron chi connectivity index (χ4n) is 1.52. The van der Waals surface area contributed by atoms with E-state index in [-0.39, 0.29) is 11.1 Å². The molecule has 0 bridgehead atoms. The first-order chi connectivity index (χ1) is 8.99. The van der Waals surface area contributed by atoms with Crippen molar-refractivity contribution in [3.8, 4) is 0 Å². The quantitative estimate of drug-likeness (QED) is 0.285. The van der Waals surface area contributed by atoms with E-state index in [0.717, 1.165) is 19.3 Å². The average molecular weight is 268 g/mol. The Kier molecular flexibility index (Phi) is 9.49. The Bertz CT molecular complexity index is 342. The van der Waals surface area contributed by atoms with Crippen LogP contribution in [0.1, 0.15) is 52.4 Å². The molecule has 4 heteroatoms. The minimum Gasteiger partial charge on any atom is -0.478 e. The summed E-state index contributed by atoms with van der Waals surface area (Å²) in [6, 6.07) is 0. The summed E-state index contributed by atoms with van der Waals surface area (Å²) in [4.78, 5) is 22.1. The van der Waals surface area contributed by atoms with Crippen molar-refractivity contribution in [1.82, 2.24) is 0 Å². The van der Waals surface area contributed by atoms with Gasteiger partial charge in [-0.15, -0.1) is 0 Å². The van der Waals surface area contributed by atoms with Crippen LogP contribution in [-0.4, -0.2) is 23.7 Å². The summed E-state index contributed by atoms with van der Waals surface area (Å²) >= 11 is 0. The number of aliphatic carboxylic acids is 1. The highest BCUT2D eigenvalue weighted by molar-refractivity contribution is 5.94. The van der Waals surface area contributed by atoms with Gasteiger partial charge in [0.2, 0.25) is 0 Å². The number of hydrogen-bond donors (Lipinski definition) is 1. The highest BCUT2D eigenvalue weighted by Gasteiger charge is 2.08. The number of carbonyl (C=O) groups excluding carboxylic acids is 1. The molecule has 19 heavy (non-hydrogen) atoms. The van der Waals surface area contributed by atoms with E-state index in [1.165, 1.54) is 32.3 Å². The van der Waals surface area contributed by atoms with Crippen LogP contribution in [0.4, 0.5) is 0 Å². The number of rotatable bonds is 10. The van der Waals surface area contributed by atoms with Crippen molar-refractivity contribution in [2.45, 2.75) is 52.4 Å². The topological polar surface area (TPSA) is 63.6 Å². The van der Waals surface area contributed by atoms with Gasteiger partial charge in [-0.05, 0) is 19.4 Å². The molecule has 0 rings (SSSR count). The Morgan fingerprint density at radius 1 is 1.16 bits per heavy atom. The molecule has 108 valence electrons. The molecule has 0 heterocycles. The van der Waals surface area contributed by atoms with Gasteiger partial charge in [0.1, 0.15) is 0 Å². The van der Waals surface area contributed by atoms with E-state index in [1.807, 2.05) is 0 Å². The molecule has 0 unspecified atom stereocenters. The number of esters is 1. The molecular formula is C15H24O4. The van der Waals surface area contributed by atoms with Crippen molar-refractivity contribution >= 4 is 11.9 Å². The lowest BCUT2D eigenvalue weighted by Crippen LogP contribution is -2.08. The van der Waals surface area contributed by atoms with E-state index in [1.54, 1.807) is 0 Å². The number of carboxylic acid groups (broad SMARTS) is 1. The van der Waals surface area contributed by atoms with Crippen molar-refractivity contribution in [2.24, 2.45) is 0 Å². The highest BCUT2D eigenvalue weighted by atomic mass is 16.5. The molecule has 0 aliphatic rings. The van der Waals surface area contributed by atoms with Crippen molar-refractivity contribution in [1.29, 1.82) is 0 Å². The molecule has 0 fully saturated rings. The van der Waals surface area contributed by atoms with E-state index in [2.05, 4.69) is 13.5 Å². The van der Waals surface area contributed by atoms with Gasteiger partial charge >= 0.3 is 11.9 Å². The van der Waals surface area contributed by atoms with Gasteiger partial charge in [0, 0.05) is 5.57 Å². The maximum Gasteiger partial charge on any atom is 0.337 e. The Labute approximate surface area is 115 Å². The third-order valence-corrected chi connectivity index (χ3v) is 2.72. The second-order valence-electron chi connectivity index (χ2n) is 4.56. The minimum absolute atomic E-state index is 0.0708. The summed E-state index contributed by atoms with van der Waals surface area (Å²) in [5, 5.41) is 8.67. The van der Waals surface area contributed by atoms with Crippen LogP contribution in [0.15, 0.2) is 23.8 Å². The number of unbranched alkanes of at least 4 members (excludes halogenated alkanes) is 5. The lowest BCUT2D eigenvalue weighted by Gasteiger charge is -2.05. The molecule has 0 radical (unpaired) electrons. The second kappa shape index (κ2) is 10.4. The number of hydrogen-bond acceptors (Lipinski definition) is 3. The first-order valence-corrected chi connectivity index (χ1v) is 6.76. The van der Waals surface area contributed by atoms with Gasteiger partial charge < -0.3 is 9.84 Å². The molecule has 4 nitrogen and oxygen atoms in total. The maximum absolute atomic E-state index is 11.5. The fourth-order valence-corrected chi connectivity index (χ4v) is 1.52. The smallest absolute Gasteiger partial charge is 0.337 e. The van der Waals surface area contributed by atoms with E-state index in [9.17, 15) is 9.59 Å².